The van der Waals surface area contributed by atoms with E-state index in [2.05, 4.69) is 41.5 Å². The zero-order valence-electron chi connectivity index (χ0n) is 55.6. The minimum atomic E-state index is -4.95. The standard InChI is InChI=1S/C67H130O17P2/c1-7-10-12-14-16-25-30-37-43-49-64(69)77-55-62(83-66(71)51-45-39-31-26-17-15-13-11-8-2)57-81-85(73,74)79-53-61(68)54-80-86(75,76)82-58-63(56-78-65(70)50-44-38-34-33-36-42-48-60(6)9-3)84-67(72)52-46-40-32-28-24-22-20-18-19-21-23-27-29-35-41-47-59(4)5/h59-63,68H,7-58H2,1-6H3,(H,73,74)(H,75,76)/t60?,61-,62+,63+/m0/s1. The lowest BCUT2D eigenvalue weighted by Crippen LogP contribution is -2.30. The van der Waals surface area contributed by atoms with E-state index in [1.165, 1.54) is 148 Å². The number of hydrogen-bond donors (Lipinski definition) is 3. The van der Waals surface area contributed by atoms with E-state index in [1.54, 1.807) is 0 Å². The second-order valence-electron chi connectivity index (χ2n) is 24.9. The van der Waals surface area contributed by atoms with Crippen LogP contribution in [0.2, 0.25) is 0 Å². The first-order valence-corrected chi connectivity index (χ1v) is 38.0. The number of carbonyl (C=O) groups excluding carboxylic acids is 4. The van der Waals surface area contributed by atoms with Gasteiger partial charge in [0.15, 0.2) is 12.2 Å². The molecule has 0 amide bonds. The Morgan fingerprint density at radius 3 is 0.884 bits per heavy atom. The second kappa shape index (κ2) is 59.4. The second-order valence-corrected chi connectivity index (χ2v) is 27.8. The molecule has 0 aromatic rings. The highest BCUT2D eigenvalue weighted by atomic mass is 31.2. The van der Waals surface area contributed by atoms with Crippen molar-refractivity contribution in [2.24, 2.45) is 11.8 Å². The molecule has 0 spiro atoms. The van der Waals surface area contributed by atoms with Gasteiger partial charge in [0.25, 0.3) is 0 Å². The number of ether oxygens (including phenoxy) is 4. The van der Waals surface area contributed by atoms with Crippen LogP contribution in [-0.4, -0.2) is 96.7 Å². The van der Waals surface area contributed by atoms with Gasteiger partial charge in [-0.3, -0.25) is 37.3 Å². The molecule has 0 fully saturated rings. The van der Waals surface area contributed by atoms with Crippen LogP contribution in [0.15, 0.2) is 0 Å². The van der Waals surface area contributed by atoms with E-state index in [-0.39, 0.29) is 25.7 Å². The number of hydrogen-bond acceptors (Lipinski definition) is 15. The predicted octanol–water partition coefficient (Wildman–Crippen LogP) is 18.8. The van der Waals surface area contributed by atoms with Gasteiger partial charge in [-0.15, -0.1) is 0 Å². The van der Waals surface area contributed by atoms with E-state index in [4.69, 9.17) is 37.0 Å². The van der Waals surface area contributed by atoms with Crippen molar-refractivity contribution in [3.63, 3.8) is 0 Å². The van der Waals surface area contributed by atoms with Crippen molar-refractivity contribution in [1.82, 2.24) is 0 Å². The van der Waals surface area contributed by atoms with Gasteiger partial charge in [-0.05, 0) is 37.5 Å². The molecule has 0 saturated heterocycles. The first-order chi connectivity index (χ1) is 41.4. The van der Waals surface area contributed by atoms with E-state index >= 15 is 0 Å². The third-order valence-electron chi connectivity index (χ3n) is 15.8. The Balaban J connectivity index is 5.18. The fraction of sp³-hybridized carbons (Fsp3) is 0.940. The van der Waals surface area contributed by atoms with Crippen LogP contribution in [0.5, 0.6) is 0 Å². The largest absolute Gasteiger partial charge is 0.472 e. The van der Waals surface area contributed by atoms with Gasteiger partial charge in [-0.1, -0.05) is 286 Å². The van der Waals surface area contributed by atoms with Crippen LogP contribution >= 0.6 is 15.6 Å². The summed E-state index contributed by atoms with van der Waals surface area (Å²) in [5.41, 5.74) is 0. The van der Waals surface area contributed by atoms with E-state index < -0.39 is 97.5 Å². The number of unbranched alkanes of at least 4 members (excludes halogenated alkanes) is 35. The first kappa shape index (κ1) is 84.1. The number of phosphoric ester groups is 2. The summed E-state index contributed by atoms with van der Waals surface area (Å²) in [6.07, 6.45) is 43.1. The summed E-state index contributed by atoms with van der Waals surface area (Å²) in [7, 11) is -9.89. The Kier molecular flexibility index (Phi) is 58.0. The number of aliphatic hydroxyl groups is 1. The SMILES string of the molecule is CCCCCCCCCCCC(=O)OC[C@H](COP(=O)(O)OC[C@H](O)COP(=O)(O)OC[C@@H](COC(=O)CCCCCCCCC(C)CC)OC(=O)CCCCCCCCCCCCCCCCCC(C)C)OC(=O)CCCCCCCCCCC. The molecular weight excluding hydrogens is 1140 g/mol. The van der Waals surface area contributed by atoms with Crippen LogP contribution in [0.4, 0.5) is 0 Å². The predicted molar refractivity (Wildman–Crippen MR) is 345 cm³/mol. The maximum absolute atomic E-state index is 13.0. The van der Waals surface area contributed by atoms with Crippen molar-refractivity contribution in [3.05, 3.63) is 0 Å². The van der Waals surface area contributed by atoms with Crippen LogP contribution in [-0.2, 0) is 65.4 Å². The fourth-order valence-corrected chi connectivity index (χ4v) is 11.6. The van der Waals surface area contributed by atoms with Crippen LogP contribution in [0.25, 0.3) is 0 Å². The van der Waals surface area contributed by atoms with Gasteiger partial charge in [0.1, 0.15) is 19.3 Å². The highest BCUT2D eigenvalue weighted by molar-refractivity contribution is 7.47. The molecule has 0 aliphatic heterocycles. The Hall–Kier alpha value is -1.94. The van der Waals surface area contributed by atoms with Gasteiger partial charge >= 0.3 is 39.5 Å². The molecule has 0 aliphatic carbocycles. The van der Waals surface area contributed by atoms with Gasteiger partial charge in [0.05, 0.1) is 26.4 Å². The third kappa shape index (κ3) is 59.7. The molecule has 0 aromatic carbocycles. The minimum Gasteiger partial charge on any atom is -0.462 e. The molecule has 19 heteroatoms. The third-order valence-corrected chi connectivity index (χ3v) is 17.7. The minimum absolute atomic E-state index is 0.105. The Bertz CT molecular complexity index is 1690. The molecular formula is C67H130O17P2. The van der Waals surface area contributed by atoms with E-state index in [9.17, 15) is 43.2 Å². The normalized spacial score (nSPS) is 14.5. The average Bonchev–Trinajstić information content (AvgIpc) is 3.69. The molecule has 6 atom stereocenters. The number of rotatable bonds is 66. The van der Waals surface area contributed by atoms with Crippen molar-refractivity contribution in [1.29, 1.82) is 0 Å². The summed E-state index contributed by atoms with van der Waals surface area (Å²) in [6, 6.07) is 0. The maximum Gasteiger partial charge on any atom is 0.472 e. The summed E-state index contributed by atoms with van der Waals surface area (Å²) >= 11 is 0. The van der Waals surface area contributed by atoms with Crippen molar-refractivity contribution in [2.45, 2.75) is 355 Å². The lowest BCUT2D eigenvalue weighted by molar-refractivity contribution is -0.161. The smallest absolute Gasteiger partial charge is 0.462 e. The molecule has 0 saturated carbocycles. The van der Waals surface area contributed by atoms with E-state index in [0.717, 1.165) is 108 Å². The number of carbonyl (C=O) groups is 4. The molecule has 0 aliphatic rings. The van der Waals surface area contributed by atoms with E-state index in [1.807, 2.05) is 0 Å². The van der Waals surface area contributed by atoms with Crippen molar-refractivity contribution >= 4 is 39.5 Å². The van der Waals surface area contributed by atoms with Gasteiger partial charge < -0.3 is 33.8 Å². The molecule has 17 nitrogen and oxygen atoms in total. The van der Waals surface area contributed by atoms with Gasteiger partial charge in [0, 0.05) is 25.7 Å². The zero-order chi connectivity index (χ0) is 63.6. The average molecular weight is 1270 g/mol. The molecule has 0 bridgehead atoms. The molecule has 86 heavy (non-hydrogen) atoms. The zero-order valence-corrected chi connectivity index (χ0v) is 57.4. The Morgan fingerprint density at radius 2 is 0.593 bits per heavy atom. The summed E-state index contributed by atoms with van der Waals surface area (Å²) in [5, 5.41) is 10.5. The monoisotopic (exact) mass is 1270 g/mol. The van der Waals surface area contributed by atoms with Crippen molar-refractivity contribution in [2.75, 3.05) is 39.6 Å². The first-order valence-electron chi connectivity index (χ1n) is 35.0. The van der Waals surface area contributed by atoms with Crippen LogP contribution in [0.3, 0.4) is 0 Å². The van der Waals surface area contributed by atoms with Crippen LogP contribution in [0.1, 0.15) is 337 Å². The van der Waals surface area contributed by atoms with Crippen molar-refractivity contribution < 1.29 is 80.2 Å². The topological polar surface area (TPSA) is 237 Å². The fourth-order valence-electron chi connectivity index (χ4n) is 10.0. The quantitative estimate of drug-likeness (QED) is 0.0222. The van der Waals surface area contributed by atoms with Crippen molar-refractivity contribution in [3.8, 4) is 0 Å². The maximum atomic E-state index is 13.0. The Morgan fingerprint density at radius 1 is 0.337 bits per heavy atom. The lowest BCUT2D eigenvalue weighted by Gasteiger charge is -2.21. The summed E-state index contributed by atoms with van der Waals surface area (Å²) in [6.45, 7) is 9.48. The van der Waals surface area contributed by atoms with Gasteiger partial charge in [-0.2, -0.15) is 0 Å². The highest BCUT2D eigenvalue weighted by Gasteiger charge is 2.30. The highest BCUT2D eigenvalue weighted by Crippen LogP contribution is 2.45. The number of aliphatic hydroxyl groups excluding tert-OH is 1. The molecule has 0 aromatic heterocycles. The molecule has 3 unspecified atom stereocenters. The number of esters is 4. The molecule has 0 rings (SSSR count). The number of phosphoric acid groups is 2. The Labute approximate surface area is 524 Å². The summed E-state index contributed by atoms with van der Waals surface area (Å²) in [4.78, 5) is 72.2. The van der Waals surface area contributed by atoms with Crippen LogP contribution in [0, 0.1) is 11.8 Å². The summed E-state index contributed by atoms with van der Waals surface area (Å²) < 4.78 is 68.0. The molecule has 0 heterocycles. The van der Waals surface area contributed by atoms with Gasteiger partial charge in [-0.25, -0.2) is 9.13 Å². The van der Waals surface area contributed by atoms with Gasteiger partial charge in [0.2, 0.25) is 0 Å². The molecule has 0 radical (unpaired) electrons. The van der Waals surface area contributed by atoms with E-state index in [0.29, 0.717) is 25.7 Å². The molecule has 3 N–H and O–H groups in total. The lowest BCUT2D eigenvalue weighted by atomic mass is 10.00. The summed E-state index contributed by atoms with van der Waals surface area (Å²) in [5.74, 6) is -0.599. The molecule has 510 valence electrons. The van der Waals surface area contributed by atoms with Crippen LogP contribution < -0.4 is 0 Å².